The fraction of sp³-hybridized carbons (Fsp3) is 0.364. The van der Waals surface area contributed by atoms with Gasteiger partial charge >= 0.3 is 6.03 Å². The summed E-state index contributed by atoms with van der Waals surface area (Å²) < 4.78 is 5.68. The Morgan fingerprint density at radius 2 is 2.19 bits per heavy atom. The molecular weight excluding hydrogens is 208 g/mol. The van der Waals surface area contributed by atoms with Gasteiger partial charge in [-0.1, -0.05) is 18.2 Å². The molecule has 2 atom stereocenters. The van der Waals surface area contributed by atoms with Crippen LogP contribution in [0.15, 0.2) is 30.3 Å². The maximum atomic E-state index is 11.1. The molecule has 86 valence electrons. The fourth-order valence-electron chi connectivity index (χ4n) is 1.72. The summed E-state index contributed by atoms with van der Waals surface area (Å²) in [6.45, 7) is 2.37. The topological polar surface area (TPSA) is 61.8 Å². The summed E-state index contributed by atoms with van der Waals surface area (Å²) in [5.74, 6) is 0.795. The molecule has 5 nitrogen and oxygen atoms in total. The van der Waals surface area contributed by atoms with E-state index in [1.54, 1.807) is 5.48 Å². The van der Waals surface area contributed by atoms with Gasteiger partial charge in [-0.05, 0) is 19.1 Å². The highest BCUT2D eigenvalue weighted by Crippen LogP contribution is 2.23. The lowest BCUT2D eigenvalue weighted by Gasteiger charge is -2.44. The number of carbonyl (C=O) groups is 1. The second kappa shape index (κ2) is 4.40. The second-order valence-corrected chi connectivity index (χ2v) is 3.78. The van der Waals surface area contributed by atoms with Crippen LogP contribution >= 0.6 is 0 Å². The fourth-order valence-corrected chi connectivity index (χ4v) is 1.72. The maximum absolute atomic E-state index is 11.1. The van der Waals surface area contributed by atoms with Crippen molar-refractivity contribution in [3.8, 4) is 5.75 Å². The zero-order chi connectivity index (χ0) is 11.5. The van der Waals surface area contributed by atoms with Crippen molar-refractivity contribution in [3.63, 3.8) is 0 Å². The van der Waals surface area contributed by atoms with Gasteiger partial charge in [0.15, 0.2) is 0 Å². The number of carbonyl (C=O) groups excluding carboxylic acids is 1. The molecule has 0 spiro atoms. The third kappa shape index (κ3) is 1.94. The first-order valence-electron chi connectivity index (χ1n) is 5.15. The summed E-state index contributed by atoms with van der Waals surface area (Å²) in [5.41, 5.74) is 1.61. The number of hydrogen-bond donors (Lipinski definition) is 2. The molecular formula is C11H14N2O3. The Kier molecular flexibility index (Phi) is 2.96. The maximum Gasteiger partial charge on any atom is 0.341 e. The molecule has 16 heavy (non-hydrogen) atoms. The predicted octanol–water partition coefficient (Wildman–Crippen LogP) is 1.24. The Balaban J connectivity index is 1.89. The monoisotopic (exact) mass is 222 g/mol. The molecule has 2 rings (SSSR count). The van der Waals surface area contributed by atoms with E-state index in [1.165, 1.54) is 4.90 Å². The molecule has 1 fully saturated rings. The number of nitrogens with zero attached hydrogens (tertiary/aromatic N) is 1. The van der Waals surface area contributed by atoms with Crippen LogP contribution in [0.1, 0.15) is 6.92 Å². The van der Waals surface area contributed by atoms with Gasteiger partial charge in [0.05, 0.1) is 12.6 Å². The quantitative estimate of drug-likeness (QED) is 0.584. The first-order valence-corrected chi connectivity index (χ1v) is 5.15. The molecule has 1 aromatic carbocycles. The summed E-state index contributed by atoms with van der Waals surface area (Å²) in [6.07, 6.45) is -0.0142. The molecule has 2 amide bonds. The van der Waals surface area contributed by atoms with Crippen molar-refractivity contribution in [1.82, 2.24) is 10.4 Å². The van der Waals surface area contributed by atoms with Crippen molar-refractivity contribution in [3.05, 3.63) is 30.3 Å². The molecule has 0 aromatic heterocycles. The van der Waals surface area contributed by atoms with Gasteiger partial charge in [0.2, 0.25) is 0 Å². The Bertz CT molecular complexity index is 369. The number of ether oxygens (including phenoxy) is 1. The normalized spacial score (nSPS) is 23.5. The minimum Gasteiger partial charge on any atom is -0.486 e. The van der Waals surface area contributed by atoms with Crippen LogP contribution in [-0.4, -0.2) is 34.8 Å². The zero-order valence-electron chi connectivity index (χ0n) is 8.96. The van der Waals surface area contributed by atoms with Crippen LogP contribution in [0.3, 0.4) is 0 Å². The van der Waals surface area contributed by atoms with Crippen molar-refractivity contribution in [2.75, 3.05) is 6.54 Å². The highest BCUT2D eigenvalue weighted by atomic mass is 16.5. The summed E-state index contributed by atoms with van der Waals surface area (Å²) in [5, 5.41) is 8.48. The van der Waals surface area contributed by atoms with E-state index in [4.69, 9.17) is 9.94 Å². The molecule has 0 radical (unpaired) electrons. The van der Waals surface area contributed by atoms with Gasteiger partial charge in [-0.3, -0.25) is 5.21 Å². The van der Waals surface area contributed by atoms with Gasteiger partial charge in [-0.15, -0.1) is 0 Å². The third-order valence-corrected chi connectivity index (χ3v) is 2.79. The smallest absolute Gasteiger partial charge is 0.341 e. The number of hydroxylamine groups is 1. The summed E-state index contributed by atoms with van der Waals surface area (Å²) in [6, 6.07) is 8.95. The molecule has 0 saturated carbocycles. The van der Waals surface area contributed by atoms with Crippen molar-refractivity contribution in [2.45, 2.75) is 19.1 Å². The lowest BCUT2D eigenvalue weighted by Crippen LogP contribution is -2.64. The molecule has 1 aliphatic rings. The van der Waals surface area contributed by atoms with E-state index in [9.17, 15) is 4.79 Å². The van der Waals surface area contributed by atoms with E-state index in [0.717, 1.165) is 5.75 Å². The lowest BCUT2D eigenvalue weighted by atomic mass is 10.0. The highest BCUT2D eigenvalue weighted by Gasteiger charge is 2.40. The van der Waals surface area contributed by atoms with Crippen molar-refractivity contribution < 1.29 is 14.7 Å². The molecule has 1 aliphatic heterocycles. The van der Waals surface area contributed by atoms with E-state index in [2.05, 4.69) is 0 Å². The molecule has 1 aromatic rings. The van der Waals surface area contributed by atoms with Crippen LogP contribution in [0.5, 0.6) is 5.75 Å². The van der Waals surface area contributed by atoms with E-state index < -0.39 is 6.03 Å². The van der Waals surface area contributed by atoms with Gasteiger partial charge < -0.3 is 9.64 Å². The predicted molar refractivity (Wildman–Crippen MR) is 57.3 cm³/mol. The minimum absolute atomic E-state index is 0.0142. The van der Waals surface area contributed by atoms with Crippen molar-refractivity contribution in [2.24, 2.45) is 0 Å². The van der Waals surface area contributed by atoms with E-state index in [0.29, 0.717) is 6.54 Å². The average molecular weight is 222 g/mol. The van der Waals surface area contributed by atoms with Crippen LogP contribution in [0.4, 0.5) is 4.79 Å². The van der Waals surface area contributed by atoms with Gasteiger partial charge in [-0.25, -0.2) is 10.3 Å². The molecule has 0 aliphatic carbocycles. The summed E-state index contributed by atoms with van der Waals surface area (Å²) in [7, 11) is 0. The van der Waals surface area contributed by atoms with Crippen LogP contribution in [-0.2, 0) is 0 Å². The number of rotatable bonds is 2. The number of nitrogens with one attached hydrogen (secondary N) is 1. The van der Waals surface area contributed by atoms with Gasteiger partial charge in [0.1, 0.15) is 11.9 Å². The van der Waals surface area contributed by atoms with Crippen LogP contribution in [0, 0.1) is 0 Å². The van der Waals surface area contributed by atoms with Crippen LogP contribution in [0.25, 0.3) is 0 Å². The average Bonchev–Trinajstić information content (AvgIpc) is 2.34. The van der Waals surface area contributed by atoms with Gasteiger partial charge in [-0.2, -0.15) is 0 Å². The van der Waals surface area contributed by atoms with Crippen molar-refractivity contribution >= 4 is 6.03 Å². The highest BCUT2D eigenvalue weighted by molar-refractivity contribution is 5.74. The summed E-state index contributed by atoms with van der Waals surface area (Å²) in [4.78, 5) is 12.6. The largest absolute Gasteiger partial charge is 0.486 e. The molecule has 1 heterocycles. The van der Waals surface area contributed by atoms with Crippen molar-refractivity contribution in [1.29, 1.82) is 0 Å². The standard InChI is InChI=1S/C11H14N2O3/c1-8-10(7-13(8)11(14)12-15)16-9-5-3-2-4-6-9/h2-6,8,10,15H,7H2,1H3,(H,12,14). The number of urea groups is 1. The second-order valence-electron chi connectivity index (χ2n) is 3.78. The van der Waals surface area contributed by atoms with E-state index >= 15 is 0 Å². The molecule has 1 saturated heterocycles. The number of hydrogen-bond acceptors (Lipinski definition) is 3. The van der Waals surface area contributed by atoms with Crippen LogP contribution in [0.2, 0.25) is 0 Å². The first kappa shape index (κ1) is 10.8. The molecule has 5 heteroatoms. The minimum atomic E-state index is -0.486. The Morgan fingerprint density at radius 3 is 2.75 bits per heavy atom. The number of likely N-dealkylation sites (tertiary alicyclic amines) is 1. The zero-order valence-corrected chi connectivity index (χ0v) is 8.96. The Labute approximate surface area is 93.6 Å². The number of amides is 2. The van der Waals surface area contributed by atoms with Gasteiger partial charge in [0, 0.05) is 0 Å². The van der Waals surface area contributed by atoms with Gasteiger partial charge in [0.25, 0.3) is 0 Å². The Morgan fingerprint density at radius 1 is 1.50 bits per heavy atom. The molecule has 2 unspecified atom stereocenters. The first-order chi connectivity index (χ1) is 7.72. The Hall–Kier alpha value is -1.75. The van der Waals surface area contributed by atoms with Crippen LogP contribution < -0.4 is 10.2 Å². The molecule has 2 N–H and O–H groups in total. The third-order valence-electron chi connectivity index (χ3n) is 2.79. The van der Waals surface area contributed by atoms with E-state index in [-0.39, 0.29) is 12.1 Å². The summed E-state index contributed by atoms with van der Waals surface area (Å²) >= 11 is 0. The lowest BCUT2D eigenvalue weighted by molar-refractivity contribution is -0.0171. The SMILES string of the molecule is CC1C(Oc2ccccc2)CN1C(=O)NO. The molecule has 0 bridgehead atoms. The van der Waals surface area contributed by atoms with E-state index in [1.807, 2.05) is 37.3 Å². The number of benzene rings is 1. The number of para-hydroxylation sites is 1.